The molecule has 0 radical (unpaired) electrons. The van der Waals surface area contributed by atoms with Gasteiger partial charge in [-0.1, -0.05) is 23.9 Å². The van der Waals surface area contributed by atoms with Crippen LogP contribution in [-0.4, -0.2) is 33.1 Å². The number of benzene rings is 1. The molecule has 0 aliphatic rings. The predicted molar refractivity (Wildman–Crippen MR) is 105 cm³/mol. The van der Waals surface area contributed by atoms with Crippen LogP contribution in [-0.2, 0) is 12.6 Å². The Bertz CT molecular complexity index is 976. The minimum atomic E-state index is -4.43. The van der Waals surface area contributed by atoms with Crippen LogP contribution in [0.15, 0.2) is 47.6 Å². The first-order chi connectivity index (χ1) is 14.3. The SMILES string of the molecule is C=C(c1ccc(F)cc1)N(CC)CCCCc1noc(-c2cc(C(F)(F)F)c[nH]2)n1. The van der Waals surface area contributed by atoms with Crippen molar-refractivity contribution in [1.82, 2.24) is 20.0 Å². The lowest BCUT2D eigenvalue weighted by Gasteiger charge is -2.25. The van der Waals surface area contributed by atoms with Gasteiger partial charge in [0.15, 0.2) is 5.82 Å². The largest absolute Gasteiger partial charge is 0.417 e. The minimum Gasteiger partial charge on any atom is -0.372 e. The first-order valence-corrected chi connectivity index (χ1v) is 9.56. The molecule has 3 rings (SSSR count). The summed E-state index contributed by atoms with van der Waals surface area (Å²) in [6, 6.07) is 7.16. The molecule has 160 valence electrons. The summed E-state index contributed by atoms with van der Waals surface area (Å²) < 4.78 is 56.2. The maximum absolute atomic E-state index is 13.1. The average Bonchev–Trinajstić information content (AvgIpc) is 3.37. The topological polar surface area (TPSA) is 58.0 Å². The van der Waals surface area contributed by atoms with Crippen molar-refractivity contribution in [2.45, 2.75) is 32.4 Å². The average molecular weight is 422 g/mol. The van der Waals surface area contributed by atoms with E-state index in [1.165, 1.54) is 12.1 Å². The fraction of sp³-hybridized carbons (Fsp3) is 0.333. The van der Waals surface area contributed by atoms with E-state index in [0.29, 0.717) is 12.2 Å². The van der Waals surface area contributed by atoms with Gasteiger partial charge in [-0.2, -0.15) is 18.2 Å². The molecule has 30 heavy (non-hydrogen) atoms. The van der Waals surface area contributed by atoms with Crippen molar-refractivity contribution in [3.8, 4) is 11.6 Å². The van der Waals surface area contributed by atoms with Crippen molar-refractivity contribution in [3.05, 3.63) is 65.9 Å². The molecule has 0 unspecified atom stereocenters. The third kappa shape index (κ3) is 5.28. The number of aromatic nitrogens is 3. The van der Waals surface area contributed by atoms with E-state index in [4.69, 9.17) is 4.52 Å². The van der Waals surface area contributed by atoms with Gasteiger partial charge in [-0.25, -0.2) is 4.39 Å². The highest BCUT2D eigenvalue weighted by atomic mass is 19.4. The summed E-state index contributed by atoms with van der Waals surface area (Å²) in [4.78, 5) is 8.77. The fourth-order valence-corrected chi connectivity index (χ4v) is 3.04. The van der Waals surface area contributed by atoms with Gasteiger partial charge in [0.1, 0.15) is 11.5 Å². The number of nitrogens with zero attached hydrogens (tertiary/aromatic N) is 3. The second-order valence-corrected chi connectivity index (χ2v) is 6.81. The van der Waals surface area contributed by atoms with Crippen LogP contribution in [0.2, 0.25) is 0 Å². The van der Waals surface area contributed by atoms with Gasteiger partial charge in [-0.15, -0.1) is 0 Å². The van der Waals surface area contributed by atoms with Gasteiger partial charge in [0.25, 0.3) is 5.89 Å². The molecule has 0 atom stereocenters. The van der Waals surface area contributed by atoms with Crippen molar-refractivity contribution >= 4 is 5.70 Å². The van der Waals surface area contributed by atoms with Gasteiger partial charge >= 0.3 is 6.18 Å². The molecule has 1 N–H and O–H groups in total. The highest BCUT2D eigenvalue weighted by Gasteiger charge is 2.32. The third-order valence-electron chi connectivity index (χ3n) is 4.73. The number of halogens is 4. The number of aryl methyl sites for hydroxylation is 1. The van der Waals surface area contributed by atoms with Gasteiger partial charge < -0.3 is 14.4 Å². The molecule has 0 aliphatic heterocycles. The van der Waals surface area contributed by atoms with E-state index < -0.39 is 11.7 Å². The summed E-state index contributed by atoms with van der Waals surface area (Å²) >= 11 is 0. The molecule has 2 heterocycles. The van der Waals surface area contributed by atoms with Crippen molar-refractivity contribution in [2.24, 2.45) is 0 Å². The molecule has 1 aromatic carbocycles. The Morgan fingerprint density at radius 3 is 2.57 bits per heavy atom. The number of rotatable bonds is 9. The number of aromatic amines is 1. The maximum Gasteiger partial charge on any atom is 0.417 e. The number of unbranched alkanes of at least 4 members (excludes halogenated alkanes) is 1. The van der Waals surface area contributed by atoms with E-state index >= 15 is 0 Å². The predicted octanol–water partition coefficient (Wildman–Crippen LogP) is 5.54. The number of alkyl halides is 3. The quantitative estimate of drug-likeness (QED) is 0.363. The molecule has 5 nitrogen and oxygen atoms in total. The van der Waals surface area contributed by atoms with Crippen LogP contribution in [0.1, 0.15) is 36.7 Å². The zero-order valence-electron chi connectivity index (χ0n) is 16.5. The zero-order chi connectivity index (χ0) is 21.7. The second kappa shape index (κ2) is 9.15. The van der Waals surface area contributed by atoms with Crippen LogP contribution in [0.4, 0.5) is 17.6 Å². The van der Waals surface area contributed by atoms with Crippen LogP contribution in [0.25, 0.3) is 17.3 Å². The molecule has 2 aromatic heterocycles. The smallest absolute Gasteiger partial charge is 0.372 e. The first kappa shape index (κ1) is 21.6. The molecule has 9 heteroatoms. The van der Waals surface area contributed by atoms with Gasteiger partial charge in [0.05, 0.1) is 5.56 Å². The van der Waals surface area contributed by atoms with Crippen molar-refractivity contribution in [3.63, 3.8) is 0 Å². The summed E-state index contributed by atoms with van der Waals surface area (Å²) in [6.07, 6.45) is -1.42. The van der Waals surface area contributed by atoms with Crippen LogP contribution in [0.5, 0.6) is 0 Å². The Morgan fingerprint density at radius 2 is 1.93 bits per heavy atom. The third-order valence-corrected chi connectivity index (χ3v) is 4.73. The molecule has 0 amide bonds. The molecule has 3 aromatic rings. The zero-order valence-corrected chi connectivity index (χ0v) is 16.5. The second-order valence-electron chi connectivity index (χ2n) is 6.81. The van der Waals surface area contributed by atoms with Gasteiger partial charge in [-0.3, -0.25) is 0 Å². The molecule has 0 saturated heterocycles. The highest BCUT2D eigenvalue weighted by molar-refractivity contribution is 5.61. The van der Waals surface area contributed by atoms with Crippen LogP contribution in [0.3, 0.4) is 0 Å². The Hall–Kier alpha value is -3.10. The summed E-state index contributed by atoms with van der Waals surface area (Å²) in [5.41, 5.74) is 1.03. The van der Waals surface area contributed by atoms with Crippen molar-refractivity contribution < 1.29 is 22.1 Å². The molecule has 0 saturated carbocycles. The van der Waals surface area contributed by atoms with Gasteiger partial charge in [-0.05, 0) is 43.5 Å². The molecule has 0 fully saturated rings. The Kier molecular flexibility index (Phi) is 6.59. The first-order valence-electron chi connectivity index (χ1n) is 9.56. The lowest BCUT2D eigenvalue weighted by molar-refractivity contribution is -0.137. The number of H-pyrrole nitrogens is 1. The number of nitrogens with one attached hydrogen (secondary N) is 1. The summed E-state index contributed by atoms with van der Waals surface area (Å²) in [6.45, 7) is 7.63. The van der Waals surface area contributed by atoms with E-state index in [9.17, 15) is 17.6 Å². The Balaban J connectivity index is 1.50. The minimum absolute atomic E-state index is 0.0281. The normalized spacial score (nSPS) is 11.6. The Labute approximate surface area is 171 Å². The standard InChI is InChI=1S/C21H22F4N4O/c1-3-29(14(2)15-7-9-17(22)10-8-15)11-5-4-6-19-27-20(30-28-19)18-12-16(13-26-18)21(23,24)25/h7-10,12-13,26H,2-6,11H2,1H3. The molecular formula is C21H22F4N4O. The Morgan fingerprint density at radius 1 is 1.20 bits per heavy atom. The van der Waals surface area contributed by atoms with E-state index in [2.05, 4.69) is 26.6 Å². The molecule has 0 spiro atoms. The molecule has 0 aliphatic carbocycles. The van der Waals surface area contributed by atoms with E-state index in [0.717, 1.165) is 49.5 Å². The number of hydrogen-bond donors (Lipinski definition) is 1. The monoisotopic (exact) mass is 422 g/mol. The maximum atomic E-state index is 13.1. The van der Waals surface area contributed by atoms with Gasteiger partial charge in [0, 0.05) is 31.4 Å². The van der Waals surface area contributed by atoms with E-state index in [1.54, 1.807) is 12.1 Å². The van der Waals surface area contributed by atoms with E-state index in [-0.39, 0.29) is 17.4 Å². The molecular weight excluding hydrogens is 400 g/mol. The van der Waals surface area contributed by atoms with Crippen LogP contribution in [0, 0.1) is 5.82 Å². The number of hydrogen-bond acceptors (Lipinski definition) is 4. The van der Waals surface area contributed by atoms with Crippen molar-refractivity contribution in [1.29, 1.82) is 0 Å². The summed E-state index contributed by atoms with van der Waals surface area (Å²) in [5.74, 6) is 0.178. The summed E-state index contributed by atoms with van der Waals surface area (Å²) in [7, 11) is 0. The lowest BCUT2D eigenvalue weighted by Crippen LogP contribution is -2.22. The lowest BCUT2D eigenvalue weighted by atomic mass is 10.1. The van der Waals surface area contributed by atoms with E-state index in [1.807, 2.05) is 6.92 Å². The van der Waals surface area contributed by atoms with Crippen LogP contribution < -0.4 is 0 Å². The molecule has 0 bridgehead atoms. The van der Waals surface area contributed by atoms with Gasteiger partial charge in [0.2, 0.25) is 0 Å². The van der Waals surface area contributed by atoms with Crippen LogP contribution >= 0.6 is 0 Å². The van der Waals surface area contributed by atoms with Crippen molar-refractivity contribution in [2.75, 3.05) is 13.1 Å². The fourth-order valence-electron chi connectivity index (χ4n) is 3.04. The highest BCUT2D eigenvalue weighted by Crippen LogP contribution is 2.31. The summed E-state index contributed by atoms with van der Waals surface area (Å²) in [5, 5.41) is 3.84.